The Kier molecular flexibility index (Phi) is 9.68. The molecule has 1 aromatic heterocycles. The first-order valence-electron chi connectivity index (χ1n) is 14.6. The number of hydrogen-bond donors (Lipinski definition) is 2. The van der Waals surface area contributed by atoms with Gasteiger partial charge in [0.1, 0.15) is 18.1 Å². The lowest BCUT2D eigenvalue weighted by atomic mass is 9.88. The van der Waals surface area contributed by atoms with E-state index in [2.05, 4.69) is 10.3 Å². The van der Waals surface area contributed by atoms with Crippen LogP contribution < -0.4 is 11.1 Å². The molecular formula is C32H33F3N6O5. The quantitative estimate of drug-likeness (QED) is 0.308. The third kappa shape index (κ3) is 7.18. The van der Waals surface area contributed by atoms with Gasteiger partial charge >= 0.3 is 12.2 Å². The van der Waals surface area contributed by atoms with Gasteiger partial charge in [-0.15, -0.1) is 0 Å². The largest absolute Gasteiger partial charge is 0.406 e. The van der Waals surface area contributed by atoms with Crippen LogP contribution in [0.4, 0.5) is 18.0 Å². The molecule has 242 valence electrons. The van der Waals surface area contributed by atoms with Gasteiger partial charge in [0.25, 0.3) is 11.8 Å². The maximum absolute atomic E-state index is 14.1. The second-order valence-electron chi connectivity index (χ2n) is 11.2. The van der Waals surface area contributed by atoms with Crippen molar-refractivity contribution in [2.45, 2.75) is 37.3 Å². The van der Waals surface area contributed by atoms with E-state index >= 15 is 0 Å². The Hall–Kier alpha value is -4.82. The Morgan fingerprint density at radius 3 is 2.43 bits per heavy atom. The number of amides is 5. The molecule has 3 N–H and O–H groups in total. The monoisotopic (exact) mass is 638 g/mol. The molecule has 2 aliphatic rings. The Bertz CT molecular complexity index is 1580. The van der Waals surface area contributed by atoms with Crippen molar-refractivity contribution >= 4 is 23.8 Å². The van der Waals surface area contributed by atoms with E-state index in [9.17, 15) is 32.3 Å². The van der Waals surface area contributed by atoms with E-state index in [1.54, 1.807) is 42.5 Å². The van der Waals surface area contributed by atoms with Crippen LogP contribution in [-0.4, -0.2) is 94.0 Å². The predicted octanol–water partition coefficient (Wildman–Crippen LogP) is 2.51. The Morgan fingerprint density at radius 2 is 1.74 bits per heavy atom. The number of piperazine rings is 1. The number of urea groups is 1. The van der Waals surface area contributed by atoms with Crippen LogP contribution in [0.5, 0.6) is 0 Å². The van der Waals surface area contributed by atoms with Crippen molar-refractivity contribution in [1.82, 2.24) is 25.0 Å². The molecule has 0 radical (unpaired) electrons. The second-order valence-corrected chi connectivity index (χ2v) is 11.2. The summed E-state index contributed by atoms with van der Waals surface area (Å²) >= 11 is 0. The first-order valence-corrected chi connectivity index (χ1v) is 14.6. The highest BCUT2D eigenvalue weighted by Gasteiger charge is 2.61. The molecule has 0 aliphatic carbocycles. The number of aromatic nitrogens is 1. The van der Waals surface area contributed by atoms with E-state index in [1.165, 1.54) is 11.1 Å². The average Bonchev–Trinajstić information content (AvgIpc) is 3.24. The molecule has 2 saturated heterocycles. The Balaban J connectivity index is 1.42. The fourth-order valence-corrected chi connectivity index (χ4v) is 5.74. The van der Waals surface area contributed by atoms with Crippen molar-refractivity contribution in [2.24, 2.45) is 5.73 Å². The normalized spacial score (nSPS) is 18.8. The number of rotatable bonds is 11. The molecule has 14 heteroatoms. The number of alkyl halides is 3. The summed E-state index contributed by atoms with van der Waals surface area (Å²) in [6.07, 6.45) is -3.58. The Morgan fingerprint density at radius 1 is 1.00 bits per heavy atom. The summed E-state index contributed by atoms with van der Waals surface area (Å²) in [7, 11) is 0. The van der Waals surface area contributed by atoms with Crippen LogP contribution in [-0.2, 0) is 33.9 Å². The molecule has 0 saturated carbocycles. The first kappa shape index (κ1) is 32.6. The third-order valence-electron chi connectivity index (χ3n) is 7.94. The molecule has 2 atom stereocenters. The number of fused-ring (bicyclic) bond motifs is 1. The number of halogens is 3. The Labute approximate surface area is 263 Å². The average molecular weight is 639 g/mol. The number of hydrogen-bond acceptors (Lipinski definition) is 7. The van der Waals surface area contributed by atoms with Crippen molar-refractivity contribution in [3.63, 3.8) is 0 Å². The molecule has 3 aromatic rings. The van der Waals surface area contributed by atoms with Gasteiger partial charge < -0.3 is 25.6 Å². The number of pyridine rings is 1. The van der Waals surface area contributed by atoms with Crippen molar-refractivity contribution in [3.05, 3.63) is 101 Å². The number of nitrogens with zero attached hydrogens (tertiary/aromatic N) is 4. The van der Waals surface area contributed by atoms with Gasteiger partial charge in [-0.05, 0) is 35.4 Å². The fraction of sp³-hybridized carbons (Fsp3) is 0.344. The van der Waals surface area contributed by atoms with Crippen LogP contribution in [0.25, 0.3) is 0 Å². The maximum atomic E-state index is 14.1. The van der Waals surface area contributed by atoms with Crippen LogP contribution in [0.2, 0.25) is 0 Å². The van der Waals surface area contributed by atoms with E-state index in [0.717, 1.165) is 10.5 Å². The highest BCUT2D eigenvalue weighted by atomic mass is 19.4. The number of benzene rings is 2. The molecule has 5 rings (SSSR count). The number of nitrogens with one attached hydrogen (secondary N) is 1. The van der Waals surface area contributed by atoms with Crippen molar-refractivity contribution < 1.29 is 37.1 Å². The van der Waals surface area contributed by atoms with Crippen LogP contribution >= 0.6 is 0 Å². The first-order chi connectivity index (χ1) is 22.0. The summed E-state index contributed by atoms with van der Waals surface area (Å²) in [5, 5.41) is 2.72. The molecule has 2 aliphatic heterocycles. The van der Waals surface area contributed by atoms with E-state index in [0.29, 0.717) is 11.3 Å². The van der Waals surface area contributed by atoms with Gasteiger partial charge in [-0.1, -0.05) is 48.5 Å². The minimum absolute atomic E-state index is 0.0879. The molecular weight excluding hydrogens is 605 g/mol. The zero-order chi connectivity index (χ0) is 32.9. The fourth-order valence-electron chi connectivity index (χ4n) is 5.74. The van der Waals surface area contributed by atoms with Gasteiger partial charge in [-0.3, -0.25) is 24.3 Å². The lowest BCUT2D eigenvalue weighted by Crippen LogP contribution is -2.67. The van der Waals surface area contributed by atoms with Crippen LogP contribution in [0.3, 0.4) is 0 Å². The molecule has 2 fully saturated rings. The van der Waals surface area contributed by atoms with Crippen molar-refractivity contribution in [2.75, 3.05) is 32.8 Å². The molecule has 0 unspecified atom stereocenters. The zero-order valence-electron chi connectivity index (χ0n) is 24.8. The number of nitrogens with two attached hydrogens (primary N) is 1. The standard InChI is InChI=1S/C32H33F3N6O5/c33-32(34,35)21-40-29(44)31(16-25-11-4-5-12-37-25)20-39(13-14-41(31)30(40)45)28(43)26(19-46-18-22-7-2-1-3-8-22)38-27(42)24-10-6-9-23(15-24)17-36/h1-12,15,26H,13-14,16-21,36H2,(H,38,42)/t26-,31+/m1/s1. The van der Waals surface area contributed by atoms with Gasteiger partial charge in [0.05, 0.1) is 19.8 Å². The lowest BCUT2D eigenvalue weighted by Gasteiger charge is -2.45. The number of carbonyl (C=O) groups excluding carboxylic acids is 4. The maximum Gasteiger partial charge on any atom is 0.406 e. The van der Waals surface area contributed by atoms with E-state index in [1.807, 2.05) is 30.3 Å². The smallest absolute Gasteiger partial charge is 0.374 e. The molecule has 3 heterocycles. The summed E-state index contributed by atoms with van der Waals surface area (Å²) in [6.45, 7) is -2.36. The van der Waals surface area contributed by atoms with E-state index in [4.69, 9.17) is 10.5 Å². The third-order valence-corrected chi connectivity index (χ3v) is 7.94. The molecule has 11 nitrogen and oxygen atoms in total. The van der Waals surface area contributed by atoms with Crippen LogP contribution in [0, 0.1) is 0 Å². The number of ether oxygens (including phenoxy) is 1. The van der Waals surface area contributed by atoms with Crippen LogP contribution in [0.1, 0.15) is 27.2 Å². The van der Waals surface area contributed by atoms with Gasteiger partial charge in [0.2, 0.25) is 5.91 Å². The van der Waals surface area contributed by atoms with Crippen molar-refractivity contribution in [3.8, 4) is 0 Å². The zero-order valence-corrected chi connectivity index (χ0v) is 24.8. The summed E-state index contributed by atoms with van der Waals surface area (Å²) in [5.41, 5.74) is 6.04. The summed E-state index contributed by atoms with van der Waals surface area (Å²) < 4.78 is 46.2. The van der Waals surface area contributed by atoms with E-state index < -0.39 is 54.6 Å². The van der Waals surface area contributed by atoms with Gasteiger partial charge in [0.15, 0.2) is 0 Å². The summed E-state index contributed by atoms with van der Waals surface area (Å²) in [4.78, 5) is 61.1. The van der Waals surface area contributed by atoms with Gasteiger partial charge in [-0.2, -0.15) is 13.2 Å². The minimum atomic E-state index is -4.83. The molecule has 5 amide bonds. The molecule has 0 spiro atoms. The predicted molar refractivity (Wildman–Crippen MR) is 159 cm³/mol. The SMILES string of the molecule is NCc1cccc(C(=O)N[C@H](COCc2ccccc2)C(=O)N2CCN3C(=O)N(CC(F)(F)F)C(=O)[C@]3(Cc3ccccn3)C2)c1. The number of imide groups is 1. The highest BCUT2D eigenvalue weighted by Crippen LogP contribution is 2.36. The molecule has 46 heavy (non-hydrogen) atoms. The number of carbonyl (C=O) groups is 4. The summed E-state index contributed by atoms with van der Waals surface area (Å²) in [6, 6.07) is 18.3. The second kappa shape index (κ2) is 13.7. The van der Waals surface area contributed by atoms with Gasteiger partial charge in [0, 0.05) is 43.5 Å². The minimum Gasteiger partial charge on any atom is -0.374 e. The molecule has 0 bridgehead atoms. The lowest BCUT2D eigenvalue weighted by molar-refractivity contribution is -0.157. The van der Waals surface area contributed by atoms with E-state index in [-0.39, 0.29) is 49.7 Å². The highest BCUT2D eigenvalue weighted by molar-refractivity contribution is 6.08. The molecule has 2 aromatic carbocycles. The topological polar surface area (TPSA) is 138 Å². The van der Waals surface area contributed by atoms with Crippen LogP contribution in [0.15, 0.2) is 79.0 Å². The van der Waals surface area contributed by atoms with Crippen molar-refractivity contribution in [1.29, 1.82) is 0 Å². The van der Waals surface area contributed by atoms with Gasteiger partial charge in [-0.25, -0.2) is 4.79 Å². The summed E-state index contributed by atoms with van der Waals surface area (Å²) in [5.74, 6) is -2.26.